The summed E-state index contributed by atoms with van der Waals surface area (Å²) < 4.78 is 11.5. The fraction of sp³-hybridized carbons (Fsp3) is 0.647. The Bertz CT molecular complexity index is 416. The van der Waals surface area contributed by atoms with E-state index in [9.17, 15) is 0 Å². The highest BCUT2D eigenvalue weighted by Crippen LogP contribution is 2.24. The number of rotatable bonds is 6. The lowest BCUT2D eigenvalue weighted by Gasteiger charge is -2.22. The molecule has 3 heteroatoms. The molecule has 0 saturated carbocycles. The molecule has 1 heterocycles. The highest BCUT2D eigenvalue weighted by molar-refractivity contribution is 5.39. The van der Waals surface area contributed by atoms with Crippen molar-refractivity contribution >= 4 is 0 Å². The molecular formula is C17H27NO2. The molecule has 1 aliphatic rings. The number of likely N-dealkylation sites (N-methyl/N-ethyl adjacent to an activating group) is 1. The zero-order valence-electron chi connectivity index (χ0n) is 13.2. The normalized spacial score (nSPS) is 20.3. The Morgan fingerprint density at radius 2 is 2.00 bits per heavy atom. The van der Waals surface area contributed by atoms with Crippen LogP contribution < -0.4 is 5.32 Å². The van der Waals surface area contributed by atoms with Crippen LogP contribution in [0.15, 0.2) is 12.1 Å². The van der Waals surface area contributed by atoms with Crippen molar-refractivity contribution in [2.45, 2.75) is 45.8 Å². The van der Waals surface area contributed by atoms with Crippen molar-refractivity contribution in [3.63, 3.8) is 0 Å². The van der Waals surface area contributed by atoms with E-state index in [1.165, 1.54) is 28.7 Å². The van der Waals surface area contributed by atoms with Crippen LogP contribution in [0.2, 0.25) is 0 Å². The van der Waals surface area contributed by atoms with Gasteiger partial charge in [-0.2, -0.15) is 0 Å². The van der Waals surface area contributed by atoms with E-state index in [0.29, 0.717) is 19.3 Å². The van der Waals surface area contributed by atoms with E-state index in [1.54, 1.807) is 0 Å². The molecule has 20 heavy (non-hydrogen) atoms. The summed E-state index contributed by atoms with van der Waals surface area (Å²) in [4.78, 5) is 0. The van der Waals surface area contributed by atoms with Gasteiger partial charge in [-0.1, -0.05) is 17.7 Å². The molecule has 2 rings (SSSR count). The summed E-state index contributed by atoms with van der Waals surface area (Å²) in [6.07, 6.45) is 2.60. The second-order valence-electron chi connectivity index (χ2n) is 5.83. The van der Waals surface area contributed by atoms with Gasteiger partial charge < -0.3 is 14.8 Å². The zero-order chi connectivity index (χ0) is 14.5. The standard InChI is InChI=1S/C17H27NO2/c1-12-8-13(2)17(14(3)9-12)16(18-4)11-19-10-15-6-5-7-20-15/h8-9,15-16,18H,5-7,10-11H2,1-4H3. The van der Waals surface area contributed by atoms with Crippen molar-refractivity contribution in [2.24, 2.45) is 0 Å². The Morgan fingerprint density at radius 3 is 2.55 bits per heavy atom. The highest BCUT2D eigenvalue weighted by atomic mass is 16.5. The molecule has 0 spiro atoms. The van der Waals surface area contributed by atoms with Crippen LogP contribution in [0.4, 0.5) is 0 Å². The van der Waals surface area contributed by atoms with Crippen LogP contribution in [0.25, 0.3) is 0 Å². The number of hydrogen-bond acceptors (Lipinski definition) is 3. The van der Waals surface area contributed by atoms with E-state index in [4.69, 9.17) is 9.47 Å². The van der Waals surface area contributed by atoms with Crippen molar-refractivity contribution in [1.82, 2.24) is 5.32 Å². The van der Waals surface area contributed by atoms with E-state index >= 15 is 0 Å². The Morgan fingerprint density at radius 1 is 1.30 bits per heavy atom. The van der Waals surface area contributed by atoms with Gasteiger partial charge in [0.15, 0.2) is 0 Å². The van der Waals surface area contributed by atoms with E-state index in [2.05, 4.69) is 38.2 Å². The van der Waals surface area contributed by atoms with Gasteiger partial charge in [0.2, 0.25) is 0 Å². The summed E-state index contributed by atoms with van der Waals surface area (Å²) in [6.45, 7) is 8.80. The average Bonchev–Trinajstić information content (AvgIpc) is 2.88. The van der Waals surface area contributed by atoms with E-state index in [0.717, 1.165) is 13.0 Å². The molecule has 112 valence electrons. The van der Waals surface area contributed by atoms with Crippen LogP contribution in [0.1, 0.15) is 41.1 Å². The molecule has 2 unspecified atom stereocenters. The third kappa shape index (κ3) is 3.81. The van der Waals surface area contributed by atoms with E-state index in [-0.39, 0.29) is 6.04 Å². The first-order valence-corrected chi connectivity index (χ1v) is 7.56. The largest absolute Gasteiger partial charge is 0.377 e. The van der Waals surface area contributed by atoms with Gasteiger partial charge in [-0.15, -0.1) is 0 Å². The molecule has 0 bridgehead atoms. The van der Waals surface area contributed by atoms with Gasteiger partial charge in [0.25, 0.3) is 0 Å². The highest BCUT2D eigenvalue weighted by Gasteiger charge is 2.18. The minimum atomic E-state index is 0.247. The van der Waals surface area contributed by atoms with Crippen LogP contribution in [0, 0.1) is 20.8 Å². The van der Waals surface area contributed by atoms with Gasteiger partial charge in [-0.25, -0.2) is 0 Å². The molecule has 2 atom stereocenters. The van der Waals surface area contributed by atoms with Crippen molar-refractivity contribution < 1.29 is 9.47 Å². The molecule has 0 aliphatic carbocycles. The summed E-state index contributed by atoms with van der Waals surface area (Å²) in [5.41, 5.74) is 5.36. The zero-order valence-corrected chi connectivity index (χ0v) is 13.2. The predicted octanol–water partition coefficient (Wildman–Crippen LogP) is 3.07. The SMILES string of the molecule is CNC(COCC1CCCO1)c1c(C)cc(C)cc1C. The lowest BCUT2D eigenvalue weighted by molar-refractivity contribution is 0.0105. The Labute approximate surface area is 122 Å². The summed E-state index contributed by atoms with van der Waals surface area (Å²) >= 11 is 0. The van der Waals surface area contributed by atoms with Crippen molar-refractivity contribution in [3.05, 3.63) is 34.4 Å². The maximum absolute atomic E-state index is 5.88. The van der Waals surface area contributed by atoms with Gasteiger partial charge in [0.05, 0.1) is 25.4 Å². The smallest absolute Gasteiger partial charge is 0.0809 e. The van der Waals surface area contributed by atoms with Crippen molar-refractivity contribution in [2.75, 3.05) is 26.9 Å². The molecule has 0 aromatic heterocycles. The Kier molecular flexibility index (Phi) is 5.58. The molecule has 1 fully saturated rings. The average molecular weight is 277 g/mol. The van der Waals surface area contributed by atoms with Crippen LogP contribution in [0.3, 0.4) is 0 Å². The van der Waals surface area contributed by atoms with Crippen molar-refractivity contribution in [3.8, 4) is 0 Å². The topological polar surface area (TPSA) is 30.5 Å². The molecule has 3 nitrogen and oxygen atoms in total. The molecule has 1 N–H and O–H groups in total. The molecule has 0 radical (unpaired) electrons. The minimum absolute atomic E-state index is 0.247. The maximum Gasteiger partial charge on any atom is 0.0809 e. The Balaban J connectivity index is 1.97. The lowest BCUT2D eigenvalue weighted by atomic mass is 9.94. The first kappa shape index (κ1) is 15.5. The number of aryl methyl sites for hydroxylation is 3. The second kappa shape index (κ2) is 7.21. The molecule has 1 aliphatic heterocycles. The summed E-state index contributed by atoms with van der Waals surface area (Å²) in [5, 5.41) is 3.38. The van der Waals surface area contributed by atoms with Gasteiger partial charge in [0, 0.05) is 6.61 Å². The van der Waals surface area contributed by atoms with Crippen LogP contribution in [0.5, 0.6) is 0 Å². The molecule has 0 amide bonds. The molecule has 1 aromatic rings. The molecular weight excluding hydrogens is 250 g/mol. The number of ether oxygens (including phenoxy) is 2. The number of nitrogens with one attached hydrogen (secondary N) is 1. The van der Waals surface area contributed by atoms with E-state index < -0.39 is 0 Å². The maximum atomic E-state index is 5.88. The third-order valence-corrected chi connectivity index (χ3v) is 4.05. The van der Waals surface area contributed by atoms with Crippen LogP contribution >= 0.6 is 0 Å². The summed E-state index contributed by atoms with van der Waals surface area (Å²) in [7, 11) is 2.00. The monoisotopic (exact) mass is 277 g/mol. The quantitative estimate of drug-likeness (QED) is 0.867. The Hall–Kier alpha value is -0.900. The predicted molar refractivity (Wildman–Crippen MR) is 82.2 cm³/mol. The van der Waals surface area contributed by atoms with Gasteiger partial charge in [0.1, 0.15) is 0 Å². The fourth-order valence-corrected chi connectivity index (χ4v) is 3.14. The van der Waals surface area contributed by atoms with Crippen LogP contribution in [-0.2, 0) is 9.47 Å². The molecule has 1 saturated heterocycles. The number of benzene rings is 1. The van der Waals surface area contributed by atoms with Crippen molar-refractivity contribution in [1.29, 1.82) is 0 Å². The molecule has 1 aromatic carbocycles. The van der Waals surface area contributed by atoms with Crippen LogP contribution in [-0.4, -0.2) is 33.0 Å². The first-order chi connectivity index (χ1) is 9.61. The van der Waals surface area contributed by atoms with Gasteiger partial charge >= 0.3 is 0 Å². The third-order valence-electron chi connectivity index (χ3n) is 4.05. The minimum Gasteiger partial charge on any atom is -0.377 e. The second-order valence-corrected chi connectivity index (χ2v) is 5.83. The number of hydrogen-bond donors (Lipinski definition) is 1. The lowest BCUT2D eigenvalue weighted by Crippen LogP contribution is -2.26. The fourth-order valence-electron chi connectivity index (χ4n) is 3.14. The summed E-state index contributed by atoms with van der Waals surface area (Å²) in [6, 6.07) is 4.73. The van der Waals surface area contributed by atoms with E-state index in [1.807, 2.05) is 7.05 Å². The first-order valence-electron chi connectivity index (χ1n) is 7.56. The van der Waals surface area contributed by atoms with Gasteiger partial charge in [-0.05, 0) is 57.4 Å². The van der Waals surface area contributed by atoms with Gasteiger partial charge in [-0.3, -0.25) is 0 Å². The summed E-state index contributed by atoms with van der Waals surface area (Å²) in [5.74, 6) is 0.